The first-order valence-corrected chi connectivity index (χ1v) is 8.49. The number of amides is 1. The van der Waals surface area contributed by atoms with E-state index in [4.69, 9.17) is 4.84 Å². The number of nitrogens with one attached hydrogen (secondary N) is 1. The fraction of sp³-hybridized carbons (Fsp3) is 0.818. The van der Waals surface area contributed by atoms with Gasteiger partial charge in [-0.2, -0.15) is 11.8 Å². The van der Waals surface area contributed by atoms with Crippen LogP contribution in [0.5, 0.6) is 0 Å². The highest BCUT2D eigenvalue weighted by atomic mass is 32.2. The Labute approximate surface area is 116 Å². The smallest absolute Gasteiger partial charge is 0.323 e. The van der Waals surface area contributed by atoms with Gasteiger partial charge in [0.05, 0.1) is 5.71 Å². The van der Waals surface area contributed by atoms with Gasteiger partial charge in [0.25, 0.3) is 0 Å². The summed E-state index contributed by atoms with van der Waals surface area (Å²) in [6, 6.07) is 0. The first-order chi connectivity index (χ1) is 8.27. The normalized spacial score (nSPS) is 14.2. The van der Waals surface area contributed by atoms with Crippen molar-refractivity contribution in [1.29, 1.82) is 0 Å². The van der Waals surface area contributed by atoms with Crippen LogP contribution in [0.25, 0.3) is 0 Å². The molecule has 0 aromatic carbocycles. The molecule has 0 radical (unpaired) electrons. The minimum atomic E-state index is -0.770. The largest absolute Gasteiger partial charge is 0.433 e. The Morgan fingerprint density at radius 2 is 2.06 bits per heavy atom. The quantitative estimate of drug-likeness (QED) is 0.351. The molecule has 1 atom stereocenters. The Bertz CT molecular complexity index is 325. The van der Waals surface area contributed by atoms with E-state index in [0.717, 1.165) is 11.5 Å². The molecule has 1 amide bonds. The van der Waals surface area contributed by atoms with Crippen molar-refractivity contribution in [1.82, 2.24) is 5.32 Å². The molecule has 5 nitrogen and oxygen atoms in total. The molecule has 0 aromatic heterocycles. The van der Waals surface area contributed by atoms with E-state index in [1.165, 1.54) is 7.05 Å². The first kappa shape index (κ1) is 17.4. The molecule has 106 valence electrons. The second-order valence-electron chi connectivity index (χ2n) is 4.75. The van der Waals surface area contributed by atoms with E-state index in [0.29, 0.717) is 11.5 Å². The molecular weight excluding hydrogens is 272 g/mol. The molecule has 0 saturated heterocycles. The molecule has 0 aromatic rings. The lowest BCUT2D eigenvalue weighted by Gasteiger charge is -2.20. The zero-order valence-corrected chi connectivity index (χ0v) is 13.2. The van der Waals surface area contributed by atoms with E-state index in [1.807, 2.05) is 20.8 Å². The number of rotatable bonds is 6. The van der Waals surface area contributed by atoms with Crippen molar-refractivity contribution in [3.63, 3.8) is 0 Å². The van der Waals surface area contributed by atoms with Crippen molar-refractivity contribution in [3.8, 4) is 0 Å². The lowest BCUT2D eigenvalue weighted by atomic mass is 9.91. The molecule has 0 rings (SSSR count). The van der Waals surface area contributed by atoms with Crippen LogP contribution in [0.4, 0.5) is 4.79 Å². The average molecular weight is 294 g/mol. The highest BCUT2D eigenvalue weighted by Gasteiger charge is 2.20. The van der Waals surface area contributed by atoms with E-state index in [-0.39, 0.29) is 5.41 Å². The summed E-state index contributed by atoms with van der Waals surface area (Å²) in [5.74, 6) is 2.13. The lowest BCUT2D eigenvalue weighted by molar-refractivity contribution is 0.152. The number of carbonyl (C=O) groups is 1. The van der Waals surface area contributed by atoms with Crippen LogP contribution < -0.4 is 5.32 Å². The van der Waals surface area contributed by atoms with Gasteiger partial charge in [0.1, 0.15) is 0 Å². The third-order valence-electron chi connectivity index (χ3n) is 2.06. The Morgan fingerprint density at radius 3 is 2.50 bits per heavy atom. The van der Waals surface area contributed by atoms with Crippen molar-refractivity contribution < 1.29 is 13.8 Å². The van der Waals surface area contributed by atoms with Crippen LogP contribution in [0, 0.1) is 5.41 Å². The van der Waals surface area contributed by atoms with E-state index in [2.05, 4.69) is 10.5 Å². The molecule has 1 unspecified atom stereocenters. The van der Waals surface area contributed by atoms with E-state index in [1.54, 1.807) is 18.0 Å². The van der Waals surface area contributed by atoms with Gasteiger partial charge in [-0.1, -0.05) is 25.9 Å². The number of hydrogen-bond acceptors (Lipinski definition) is 5. The molecule has 18 heavy (non-hydrogen) atoms. The summed E-state index contributed by atoms with van der Waals surface area (Å²) in [5.41, 5.74) is 0.643. The fourth-order valence-corrected chi connectivity index (χ4v) is 3.10. The van der Waals surface area contributed by atoms with Crippen molar-refractivity contribution in [2.75, 3.05) is 30.6 Å². The number of oxime groups is 1. The van der Waals surface area contributed by atoms with Crippen molar-refractivity contribution in [2.45, 2.75) is 20.8 Å². The van der Waals surface area contributed by atoms with Crippen LogP contribution in [-0.4, -0.2) is 46.6 Å². The third-order valence-corrected chi connectivity index (χ3v) is 4.07. The minimum absolute atomic E-state index is 0.160. The summed E-state index contributed by atoms with van der Waals surface area (Å²) in [4.78, 5) is 15.7. The first-order valence-electron chi connectivity index (χ1n) is 5.61. The third kappa shape index (κ3) is 8.52. The van der Waals surface area contributed by atoms with E-state index in [9.17, 15) is 9.00 Å². The van der Waals surface area contributed by atoms with Gasteiger partial charge in [-0.15, -0.1) is 0 Å². The second-order valence-corrected chi connectivity index (χ2v) is 7.41. The van der Waals surface area contributed by atoms with E-state index < -0.39 is 16.9 Å². The molecule has 7 heteroatoms. The van der Waals surface area contributed by atoms with Crippen LogP contribution >= 0.6 is 11.8 Å². The number of nitrogens with zero attached hydrogens (tertiary/aromatic N) is 1. The van der Waals surface area contributed by atoms with Crippen LogP contribution in [0.1, 0.15) is 20.8 Å². The van der Waals surface area contributed by atoms with Gasteiger partial charge in [-0.3, -0.25) is 9.05 Å². The summed E-state index contributed by atoms with van der Waals surface area (Å²) in [6.07, 6.45) is 1.12. The Kier molecular flexibility index (Phi) is 8.26. The Morgan fingerprint density at radius 1 is 1.44 bits per heavy atom. The summed E-state index contributed by atoms with van der Waals surface area (Å²) in [5, 5.41) is 6.23. The molecule has 0 heterocycles. The average Bonchev–Trinajstić information content (AvgIpc) is 2.25. The molecular formula is C11H22N2O3S2. The van der Waals surface area contributed by atoms with Crippen LogP contribution in [-0.2, 0) is 15.6 Å². The van der Waals surface area contributed by atoms with Gasteiger partial charge in [0.15, 0.2) is 0 Å². The molecule has 0 aliphatic carbocycles. The maximum Gasteiger partial charge on any atom is 0.433 e. The fourth-order valence-electron chi connectivity index (χ4n) is 0.867. The highest BCUT2D eigenvalue weighted by molar-refractivity contribution is 8.00. The zero-order chi connectivity index (χ0) is 14.2. The summed E-state index contributed by atoms with van der Waals surface area (Å²) >= 11 is 1.64. The van der Waals surface area contributed by atoms with Crippen LogP contribution in [0.3, 0.4) is 0 Å². The van der Waals surface area contributed by atoms with Gasteiger partial charge < -0.3 is 5.32 Å². The highest BCUT2D eigenvalue weighted by Crippen LogP contribution is 2.20. The molecule has 0 saturated carbocycles. The Balaban J connectivity index is 4.33. The van der Waals surface area contributed by atoms with Crippen LogP contribution in [0.2, 0.25) is 0 Å². The number of carbonyl (C=O) groups excluding carboxylic acids is 1. The molecule has 0 fully saturated rings. The van der Waals surface area contributed by atoms with Gasteiger partial charge in [-0.25, -0.2) is 4.79 Å². The number of thioether (sulfide) groups is 1. The van der Waals surface area contributed by atoms with Gasteiger partial charge in [0, 0.05) is 46.8 Å². The van der Waals surface area contributed by atoms with Crippen molar-refractivity contribution in [2.24, 2.45) is 10.6 Å². The number of hydrogen-bond donors (Lipinski definition) is 1. The predicted octanol–water partition coefficient (Wildman–Crippen LogP) is 1.86. The molecule has 0 aliphatic rings. The molecule has 0 aliphatic heterocycles. The lowest BCUT2D eigenvalue weighted by Crippen LogP contribution is -2.25. The van der Waals surface area contributed by atoms with Gasteiger partial charge >= 0.3 is 6.09 Å². The van der Waals surface area contributed by atoms with Crippen molar-refractivity contribution in [3.05, 3.63) is 0 Å². The standard InChI is InChI=1S/C11H22N2O3S2/c1-11(2,3)9(13-16-10(14)12-4)8-17-6-7-18(5)15/h6-8H2,1-5H3,(H,12,14). The molecule has 0 bridgehead atoms. The Hall–Kier alpha value is -0.560. The minimum Gasteiger partial charge on any atom is -0.323 e. The van der Waals surface area contributed by atoms with Crippen molar-refractivity contribution >= 4 is 34.4 Å². The predicted molar refractivity (Wildman–Crippen MR) is 78.7 cm³/mol. The summed E-state index contributed by atoms with van der Waals surface area (Å²) in [7, 11) is 0.716. The summed E-state index contributed by atoms with van der Waals surface area (Å²) < 4.78 is 10.9. The van der Waals surface area contributed by atoms with Gasteiger partial charge in [-0.05, 0) is 0 Å². The summed E-state index contributed by atoms with van der Waals surface area (Å²) in [6.45, 7) is 6.03. The maximum atomic E-state index is 11.0. The van der Waals surface area contributed by atoms with Gasteiger partial charge in [0.2, 0.25) is 0 Å². The topological polar surface area (TPSA) is 67.8 Å². The zero-order valence-electron chi connectivity index (χ0n) is 11.6. The SMILES string of the molecule is CNC(=O)ON=C(CSCCS(C)=O)C(C)(C)C. The monoisotopic (exact) mass is 294 g/mol. The molecule has 0 spiro atoms. The van der Waals surface area contributed by atoms with Crippen LogP contribution in [0.15, 0.2) is 5.16 Å². The second kappa shape index (κ2) is 8.53. The van der Waals surface area contributed by atoms with E-state index >= 15 is 0 Å². The molecule has 1 N–H and O–H groups in total. The maximum absolute atomic E-state index is 11.0.